The zero-order valence-electron chi connectivity index (χ0n) is 15.3. The van der Waals surface area contributed by atoms with Crippen molar-refractivity contribution in [3.05, 3.63) is 29.8 Å². The maximum Gasteiger partial charge on any atom is 0.409 e. The lowest BCUT2D eigenvalue weighted by Gasteiger charge is -2.25. The molecule has 0 aliphatic carbocycles. The van der Waals surface area contributed by atoms with Crippen LogP contribution in [-0.2, 0) is 16.1 Å². The number of rotatable bonds is 3. The maximum atomic E-state index is 12.5. The fourth-order valence-electron chi connectivity index (χ4n) is 3.55. The molecule has 7 heteroatoms. The zero-order valence-corrected chi connectivity index (χ0v) is 15.3. The molecular formula is C19H27N3O4. The summed E-state index contributed by atoms with van der Waals surface area (Å²) >= 11 is 0. The predicted octanol–water partition coefficient (Wildman–Crippen LogP) is 1.62. The Morgan fingerprint density at radius 3 is 2.96 bits per heavy atom. The lowest BCUT2D eigenvalue weighted by Crippen LogP contribution is -2.47. The van der Waals surface area contributed by atoms with Gasteiger partial charge in [0.15, 0.2) is 0 Å². The molecule has 1 fully saturated rings. The maximum absolute atomic E-state index is 12.5. The number of amides is 2. The molecule has 1 N–H and O–H groups in total. The Bertz CT molecular complexity index is 637. The monoisotopic (exact) mass is 361 g/mol. The molecule has 0 saturated carbocycles. The van der Waals surface area contributed by atoms with Crippen molar-refractivity contribution in [3.8, 4) is 5.75 Å². The van der Waals surface area contributed by atoms with Crippen LogP contribution in [0, 0.1) is 0 Å². The van der Waals surface area contributed by atoms with Gasteiger partial charge in [0.25, 0.3) is 0 Å². The Morgan fingerprint density at radius 2 is 2.12 bits per heavy atom. The molecule has 1 atom stereocenters. The number of fused-ring (bicyclic) bond motifs is 1. The number of hydrogen-bond donors (Lipinski definition) is 1. The van der Waals surface area contributed by atoms with Crippen molar-refractivity contribution >= 4 is 12.0 Å². The van der Waals surface area contributed by atoms with Gasteiger partial charge in [0, 0.05) is 37.8 Å². The summed E-state index contributed by atoms with van der Waals surface area (Å²) in [6.07, 6.45) is 2.48. The number of nitrogens with one attached hydrogen (secondary N) is 1. The highest BCUT2D eigenvalue weighted by atomic mass is 16.5. The Balaban J connectivity index is 1.54. The largest absolute Gasteiger partial charge is 0.492 e. The van der Waals surface area contributed by atoms with E-state index in [0.717, 1.165) is 30.6 Å². The summed E-state index contributed by atoms with van der Waals surface area (Å²) in [6, 6.07) is 7.91. The van der Waals surface area contributed by atoms with E-state index in [4.69, 9.17) is 9.47 Å². The molecule has 2 heterocycles. The summed E-state index contributed by atoms with van der Waals surface area (Å²) in [5.41, 5.74) is 1.10. The van der Waals surface area contributed by atoms with Gasteiger partial charge in [-0.3, -0.25) is 9.69 Å². The third kappa shape index (κ3) is 4.88. The topological polar surface area (TPSA) is 71.1 Å². The molecule has 26 heavy (non-hydrogen) atoms. The highest BCUT2D eigenvalue weighted by Gasteiger charge is 2.24. The minimum Gasteiger partial charge on any atom is -0.492 e. The van der Waals surface area contributed by atoms with Crippen molar-refractivity contribution in [2.75, 3.05) is 39.9 Å². The van der Waals surface area contributed by atoms with Crippen LogP contribution in [0.5, 0.6) is 5.75 Å². The lowest BCUT2D eigenvalue weighted by molar-refractivity contribution is -0.123. The van der Waals surface area contributed by atoms with E-state index in [-0.39, 0.29) is 18.0 Å². The summed E-state index contributed by atoms with van der Waals surface area (Å²) in [7, 11) is 1.39. The Hall–Kier alpha value is -2.28. The molecule has 2 aliphatic rings. The number of carbonyl (C=O) groups is 2. The van der Waals surface area contributed by atoms with Crippen LogP contribution in [0.3, 0.4) is 0 Å². The standard InChI is InChI=1S/C19H27N3O4/c1-25-19(24)22-9-5-4-7-16(13-22)20-18(23)14-21-10-11-26-17-8-3-2-6-15(17)12-21/h2-3,6,8,16H,4-5,7,9-14H2,1H3,(H,20,23). The molecule has 1 unspecified atom stereocenters. The van der Waals surface area contributed by atoms with Gasteiger partial charge in [-0.05, 0) is 25.3 Å². The summed E-state index contributed by atoms with van der Waals surface area (Å²) in [5, 5.41) is 3.09. The molecule has 1 aromatic rings. The summed E-state index contributed by atoms with van der Waals surface area (Å²) in [6.45, 7) is 3.49. The smallest absolute Gasteiger partial charge is 0.409 e. The molecular weight excluding hydrogens is 334 g/mol. The van der Waals surface area contributed by atoms with Crippen LogP contribution in [0.25, 0.3) is 0 Å². The number of ether oxygens (including phenoxy) is 2. The van der Waals surface area contributed by atoms with Crippen LogP contribution in [0.15, 0.2) is 24.3 Å². The molecule has 7 nitrogen and oxygen atoms in total. The molecule has 3 rings (SSSR count). The van der Waals surface area contributed by atoms with E-state index in [9.17, 15) is 9.59 Å². The fourth-order valence-corrected chi connectivity index (χ4v) is 3.55. The molecule has 2 amide bonds. The number of likely N-dealkylation sites (tertiary alicyclic amines) is 1. The third-order valence-electron chi connectivity index (χ3n) is 4.87. The van der Waals surface area contributed by atoms with Crippen molar-refractivity contribution in [1.82, 2.24) is 15.1 Å². The summed E-state index contributed by atoms with van der Waals surface area (Å²) < 4.78 is 10.6. The highest BCUT2D eigenvalue weighted by Crippen LogP contribution is 2.22. The average Bonchev–Trinajstić information content (AvgIpc) is 2.99. The highest BCUT2D eigenvalue weighted by molar-refractivity contribution is 5.78. The van der Waals surface area contributed by atoms with E-state index in [0.29, 0.717) is 39.3 Å². The van der Waals surface area contributed by atoms with Gasteiger partial charge < -0.3 is 19.7 Å². The lowest BCUT2D eigenvalue weighted by atomic mass is 10.1. The second kappa shape index (κ2) is 8.89. The Morgan fingerprint density at radius 1 is 1.27 bits per heavy atom. The van der Waals surface area contributed by atoms with Gasteiger partial charge in [-0.1, -0.05) is 18.2 Å². The van der Waals surface area contributed by atoms with Crippen LogP contribution >= 0.6 is 0 Å². The van der Waals surface area contributed by atoms with Crippen molar-refractivity contribution < 1.29 is 19.1 Å². The zero-order chi connectivity index (χ0) is 18.4. The fraction of sp³-hybridized carbons (Fsp3) is 0.579. The van der Waals surface area contributed by atoms with Crippen molar-refractivity contribution in [3.63, 3.8) is 0 Å². The van der Waals surface area contributed by atoms with E-state index in [2.05, 4.69) is 10.2 Å². The van der Waals surface area contributed by atoms with Gasteiger partial charge in [-0.25, -0.2) is 4.79 Å². The van der Waals surface area contributed by atoms with Gasteiger partial charge in [0.05, 0.1) is 13.7 Å². The van der Waals surface area contributed by atoms with Gasteiger partial charge in [-0.2, -0.15) is 0 Å². The van der Waals surface area contributed by atoms with Crippen molar-refractivity contribution in [2.24, 2.45) is 0 Å². The number of hydrogen-bond acceptors (Lipinski definition) is 5. The average molecular weight is 361 g/mol. The minimum absolute atomic E-state index is 0.0129. The van der Waals surface area contributed by atoms with Crippen LogP contribution < -0.4 is 10.1 Å². The number of methoxy groups -OCH3 is 1. The normalized spacial score (nSPS) is 21.0. The first-order chi connectivity index (χ1) is 12.7. The van der Waals surface area contributed by atoms with E-state index >= 15 is 0 Å². The van der Waals surface area contributed by atoms with E-state index in [1.807, 2.05) is 24.3 Å². The van der Waals surface area contributed by atoms with Gasteiger partial charge >= 0.3 is 6.09 Å². The number of carbonyl (C=O) groups excluding carboxylic acids is 2. The van der Waals surface area contributed by atoms with Gasteiger partial charge in [0.2, 0.25) is 5.91 Å². The number of benzene rings is 1. The second-order valence-corrected chi connectivity index (χ2v) is 6.84. The molecule has 0 radical (unpaired) electrons. The van der Waals surface area contributed by atoms with Crippen molar-refractivity contribution in [2.45, 2.75) is 31.8 Å². The first-order valence-electron chi connectivity index (χ1n) is 9.21. The molecule has 0 bridgehead atoms. The second-order valence-electron chi connectivity index (χ2n) is 6.84. The molecule has 1 saturated heterocycles. The minimum atomic E-state index is -0.326. The van der Waals surface area contributed by atoms with Crippen LogP contribution in [-0.4, -0.2) is 67.7 Å². The van der Waals surface area contributed by atoms with E-state index in [1.165, 1.54) is 7.11 Å². The first kappa shape index (κ1) is 18.5. The summed E-state index contributed by atoms with van der Waals surface area (Å²) in [5.74, 6) is 0.883. The molecule has 0 spiro atoms. The molecule has 2 aliphatic heterocycles. The van der Waals surface area contributed by atoms with E-state index < -0.39 is 0 Å². The van der Waals surface area contributed by atoms with Crippen LogP contribution in [0.2, 0.25) is 0 Å². The van der Waals surface area contributed by atoms with Crippen molar-refractivity contribution in [1.29, 1.82) is 0 Å². The number of nitrogens with zero attached hydrogens (tertiary/aromatic N) is 2. The Kier molecular flexibility index (Phi) is 6.33. The predicted molar refractivity (Wildman–Crippen MR) is 97.0 cm³/mol. The Labute approximate surface area is 154 Å². The SMILES string of the molecule is COC(=O)N1CCCCC(NC(=O)CN2CCOc3ccccc3C2)C1. The van der Waals surface area contributed by atoms with Crippen LogP contribution in [0.1, 0.15) is 24.8 Å². The van der Waals surface area contributed by atoms with Gasteiger partial charge in [-0.15, -0.1) is 0 Å². The van der Waals surface area contributed by atoms with Gasteiger partial charge in [0.1, 0.15) is 12.4 Å². The first-order valence-corrected chi connectivity index (χ1v) is 9.21. The number of para-hydroxylation sites is 1. The summed E-state index contributed by atoms with van der Waals surface area (Å²) in [4.78, 5) is 28.1. The molecule has 142 valence electrons. The third-order valence-corrected chi connectivity index (χ3v) is 4.87. The van der Waals surface area contributed by atoms with Crippen LogP contribution in [0.4, 0.5) is 4.79 Å². The quantitative estimate of drug-likeness (QED) is 0.886. The molecule has 0 aromatic heterocycles. The van der Waals surface area contributed by atoms with E-state index in [1.54, 1.807) is 4.90 Å². The molecule has 1 aromatic carbocycles.